The molecule has 0 N–H and O–H groups in total. The number of ether oxygens (including phenoxy) is 2. The van der Waals surface area contributed by atoms with Gasteiger partial charge in [-0.1, -0.05) is 48.5 Å². The molecule has 2 aliphatic carbocycles. The SMILES string of the molecule is C=C1O[C@@]2(C)C(C(C)C(=O)[C@H](C)CC(C)(C)C[C@@H](C)C(=O)C(C)C(=C=O)C[C@@H]2CC)N1CCCOC1CC1. The Bertz CT molecular complexity index is 945. The fourth-order valence-corrected chi connectivity index (χ4v) is 7.38. The first-order valence-corrected chi connectivity index (χ1v) is 14.8. The van der Waals surface area contributed by atoms with E-state index in [1.807, 2.05) is 27.7 Å². The molecule has 3 rings (SSSR count). The van der Waals surface area contributed by atoms with Crippen LogP contribution >= 0.6 is 0 Å². The Kier molecular flexibility index (Phi) is 9.74. The Morgan fingerprint density at radius 3 is 2.21 bits per heavy atom. The first-order chi connectivity index (χ1) is 17.8. The summed E-state index contributed by atoms with van der Waals surface area (Å²) in [6.45, 7) is 21.9. The van der Waals surface area contributed by atoms with Crippen LogP contribution in [0.3, 0.4) is 0 Å². The van der Waals surface area contributed by atoms with Gasteiger partial charge in [0.2, 0.25) is 0 Å². The Labute approximate surface area is 230 Å². The average molecular weight is 530 g/mol. The van der Waals surface area contributed by atoms with Crippen molar-refractivity contribution in [3.05, 3.63) is 18.0 Å². The number of carbonyl (C=O) groups excluding carboxylic acids is 3. The second-order valence-corrected chi connectivity index (χ2v) is 13.4. The fourth-order valence-electron chi connectivity index (χ4n) is 7.38. The van der Waals surface area contributed by atoms with Gasteiger partial charge in [-0.15, -0.1) is 0 Å². The zero-order chi connectivity index (χ0) is 28.4. The molecule has 0 aromatic rings. The molecule has 1 heterocycles. The molecular weight excluding hydrogens is 478 g/mol. The topological polar surface area (TPSA) is 72.9 Å². The minimum Gasteiger partial charge on any atom is -0.471 e. The van der Waals surface area contributed by atoms with Gasteiger partial charge in [0.05, 0.1) is 12.1 Å². The summed E-state index contributed by atoms with van der Waals surface area (Å²) in [4.78, 5) is 41.8. The molecule has 3 fully saturated rings. The minimum absolute atomic E-state index is 0.0754. The number of hydrogen-bond acceptors (Lipinski definition) is 6. The molecule has 6 nitrogen and oxygen atoms in total. The van der Waals surface area contributed by atoms with Crippen LogP contribution in [0.2, 0.25) is 0 Å². The summed E-state index contributed by atoms with van der Waals surface area (Å²) in [5, 5.41) is 0. The molecule has 7 atom stereocenters. The molecule has 1 aliphatic heterocycles. The number of allylic oxidation sites excluding steroid dienone is 1. The number of rotatable bonds is 6. The van der Waals surface area contributed by atoms with Crippen molar-refractivity contribution >= 4 is 17.5 Å². The van der Waals surface area contributed by atoms with Crippen LogP contribution in [-0.4, -0.2) is 53.3 Å². The second-order valence-electron chi connectivity index (χ2n) is 13.4. The highest BCUT2D eigenvalue weighted by Gasteiger charge is 2.56. The number of nitrogens with zero attached hydrogens (tertiary/aromatic N) is 1. The van der Waals surface area contributed by atoms with E-state index >= 15 is 0 Å². The minimum atomic E-state index is -0.742. The predicted octanol–water partition coefficient (Wildman–Crippen LogP) is 6.16. The average Bonchev–Trinajstić information content (AvgIpc) is 3.63. The fraction of sp³-hybridized carbons (Fsp3) is 0.812. The van der Waals surface area contributed by atoms with E-state index in [2.05, 4.69) is 45.1 Å². The standard InChI is InChI=1S/C32H51NO5/c1-10-26-16-25(19-34)22(4)28(35)20(2)17-31(7,8)18-21(3)29(36)23(5)30-32(26,9)38-24(6)33(30)14-11-15-37-27-12-13-27/h20-23,26-27,30H,6,10-18H2,1-5,7-9H3/t20-,21-,22?,23?,26+,30?,32-/m1/s1. The molecule has 0 spiro atoms. The van der Waals surface area contributed by atoms with Gasteiger partial charge in [-0.2, -0.15) is 0 Å². The van der Waals surface area contributed by atoms with Crippen LogP contribution in [0, 0.1) is 35.0 Å². The Morgan fingerprint density at radius 1 is 1.05 bits per heavy atom. The quantitative estimate of drug-likeness (QED) is 0.303. The summed E-state index contributed by atoms with van der Waals surface area (Å²) < 4.78 is 12.5. The van der Waals surface area contributed by atoms with Gasteiger partial charge in [0, 0.05) is 48.3 Å². The first kappa shape index (κ1) is 30.6. The zero-order valence-corrected chi connectivity index (χ0v) is 25.1. The summed E-state index contributed by atoms with van der Waals surface area (Å²) in [6, 6.07) is -0.222. The highest BCUT2D eigenvalue weighted by Crippen LogP contribution is 2.48. The lowest BCUT2D eigenvalue weighted by atomic mass is 9.67. The van der Waals surface area contributed by atoms with Gasteiger partial charge in [-0.05, 0) is 63.9 Å². The molecule has 0 aromatic carbocycles. The number of Topliss-reactive ketones (excluding diaryl/α,β-unsaturated/α-hetero) is 2. The largest absolute Gasteiger partial charge is 0.471 e. The number of fused-ring (bicyclic) bond motifs is 1. The van der Waals surface area contributed by atoms with Crippen molar-refractivity contribution in [3.63, 3.8) is 0 Å². The number of hydrogen-bond donors (Lipinski definition) is 0. The van der Waals surface area contributed by atoms with Crippen LogP contribution in [0.5, 0.6) is 0 Å². The third-order valence-electron chi connectivity index (χ3n) is 9.46. The van der Waals surface area contributed by atoms with Gasteiger partial charge in [-0.3, -0.25) is 9.59 Å². The molecular formula is C32H51NO5. The summed E-state index contributed by atoms with van der Waals surface area (Å²) in [6.07, 6.45) is 6.06. The molecule has 0 radical (unpaired) electrons. The van der Waals surface area contributed by atoms with Crippen molar-refractivity contribution in [1.29, 1.82) is 0 Å². The monoisotopic (exact) mass is 529 g/mol. The van der Waals surface area contributed by atoms with E-state index < -0.39 is 11.5 Å². The summed E-state index contributed by atoms with van der Waals surface area (Å²) >= 11 is 0. The lowest BCUT2D eigenvalue weighted by molar-refractivity contribution is -0.131. The van der Waals surface area contributed by atoms with Crippen molar-refractivity contribution in [2.24, 2.45) is 35.0 Å². The Balaban J connectivity index is 2.01. The molecule has 6 heteroatoms. The van der Waals surface area contributed by atoms with Gasteiger partial charge < -0.3 is 14.4 Å². The van der Waals surface area contributed by atoms with E-state index in [4.69, 9.17) is 9.47 Å². The van der Waals surface area contributed by atoms with Gasteiger partial charge in [0.1, 0.15) is 23.1 Å². The van der Waals surface area contributed by atoms with Crippen LogP contribution in [-0.2, 0) is 23.9 Å². The molecule has 2 saturated carbocycles. The molecule has 38 heavy (non-hydrogen) atoms. The Morgan fingerprint density at radius 2 is 1.66 bits per heavy atom. The third-order valence-corrected chi connectivity index (χ3v) is 9.46. The van der Waals surface area contributed by atoms with E-state index in [1.165, 1.54) is 0 Å². The molecule has 0 aromatic heterocycles. The van der Waals surface area contributed by atoms with Gasteiger partial charge in [0.15, 0.2) is 5.88 Å². The molecule has 0 amide bonds. The maximum Gasteiger partial charge on any atom is 0.183 e. The lowest BCUT2D eigenvalue weighted by Gasteiger charge is -2.42. The van der Waals surface area contributed by atoms with Gasteiger partial charge in [-0.25, -0.2) is 4.79 Å². The highest BCUT2D eigenvalue weighted by atomic mass is 16.5. The maximum atomic E-state index is 14.0. The maximum absolute atomic E-state index is 14.0. The van der Waals surface area contributed by atoms with Crippen molar-refractivity contribution in [3.8, 4) is 0 Å². The lowest BCUT2D eigenvalue weighted by Crippen LogP contribution is -2.54. The highest BCUT2D eigenvalue weighted by molar-refractivity contribution is 5.87. The predicted molar refractivity (Wildman–Crippen MR) is 150 cm³/mol. The van der Waals surface area contributed by atoms with Crippen LogP contribution in [0.15, 0.2) is 18.0 Å². The number of carbonyl (C=O) groups is 2. The molecule has 0 bridgehead atoms. The second kappa shape index (κ2) is 12.1. The van der Waals surface area contributed by atoms with Gasteiger partial charge in [0.25, 0.3) is 0 Å². The normalized spacial score (nSPS) is 36.9. The smallest absolute Gasteiger partial charge is 0.183 e. The summed E-state index contributed by atoms with van der Waals surface area (Å²) in [7, 11) is 0. The summed E-state index contributed by atoms with van der Waals surface area (Å²) in [5.41, 5.74) is -0.432. The molecule has 214 valence electrons. The van der Waals surface area contributed by atoms with Crippen LogP contribution in [0.25, 0.3) is 0 Å². The van der Waals surface area contributed by atoms with Crippen LogP contribution in [0.1, 0.15) is 100 Å². The third kappa shape index (κ3) is 6.62. The van der Waals surface area contributed by atoms with Gasteiger partial charge >= 0.3 is 0 Å². The van der Waals surface area contributed by atoms with Crippen molar-refractivity contribution in [2.45, 2.75) is 118 Å². The van der Waals surface area contributed by atoms with E-state index in [-0.39, 0.29) is 46.7 Å². The van der Waals surface area contributed by atoms with Crippen LogP contribution < -0.4 is 0 Å². The van der Waals surface area contributed by atoms with E-state index in [9.17, 15) is 14.4 Å². The first-order valence-electron chi connectivity index (χ1n) is 14.8. The van der Waals surface area contributed by atoms with E-state index in [0.717, 1.165) is 25.7 Å². The summed E-state index contributed by atoms with van der Waals surface area (Å²) in [5.74, 6) is 1.81. The van der Waals surface area contributed by atoms with Crippen molar-refractivity contribution in [1.82, 2.24) is 4.90 Å². The van der Waals surface area contributed by atoms with Crippen LogP contribution in [0.4, 0.5) is 0 Å². The number of ketones is 2. The van der Waals surface area contributed by atoms with E-state index in [1.54, 1.807) is 0 Å². The molecule has 3 unspecified atom stereocenters. The van der Waals surface area contributed by atoms with E-state index in [0.29, 0.717) is 50.0 Å². The van der Waals surface area contributed by atoms with Crippen molar-refractivity contribution in [2.75, 3.05) is 13.2 Å². The molecule has 1 saturated heterocycles. The molecule has 3 aliphatic rings. The Hall–Kier alpha value is -1.91. The van der Waals surface area contributed by atoms with Crippen molar-refractivity contribution < 1.29 is 23.9 Å². The zero-order valence-electron chi connectivity index (χ0n) is 25.1.